The molecule has 3 nitrogen and oxygen atoms in total. The van der Waals surface area contributed by atoms with E-state index < -0.39 is 0 Å². The van der Waals surface area contributed by atoms with Crippen molar-refractivity contribution in [3.63, 3.8) is 0 Å². The van der Waals surface area contributed by atoms with Gasteiger partial charge in [0.05, 0.1) is 17.3 Å². The van der Waals surface area contributed by atoms with Gasteiger partial charge in [-0.1, -0.05) is 13.8 Å². The van der Waals surface area contributed by atoms with E-state index in [0.717, 1.165) is 23.5 Å². The molecule has 0 radical (unpaired) electrons. The molecule has 1 aliphatic rings. The zero-order valence-electron chi connectivity index (χ0n) is 9.60. The summed E-state index contributed by atoms with van der Waals surface area (Å²) in [4.78, 5) is 10.9. The van der Waals surface area contributed by atoms with Gasteiger partial charge in [0.15, 0.2) is 6.29 Å². The molecule has 82 valence electrons. The van der Waals surface area contributed by atoms with Crippen molar-refractivity contribution in [1.29, 1.82) is 0 Å². The van der Waals surface area contributed by atoms with E-state index in [9.17, 15) is 4.79 Å². The van der Waals surface area contributed by atoms with Gasteiger partial charge in [0.2, 0.25) is 0 Å². The van der Waals surface area contributed by atoms with E-state index in [0.29, 0.717) is 12.0 Å². The fraction of sp³-hybridized carbons (Fsp3) is 0.667. The molecule has 1 atom stereocenters. The summed E-state index contributed by atoms with van der Waals surface area (Å²) in [6, 6.07) is 0.441. The second kappa shape index (κ2) is 3.80. The molecular weight excluding hydrogens is 188 g/mol. The summed E-state index contributed by atoms with van der Waals surface area (Å²) in [6.07, 6.45) is 5.41. The Balaban J connectivity index is 2.28. The number of hydrogen-bond acceptors (Lipinski definition) is 2. The highest BCUT2D eigenvalue weighted by Gasteiger charge is 2.30. The SMILES string of the molecule is CC(C)c1nn(C(C)C2CC2)cc1C=O. The second-order valence-corrected chi connectivity index (χ2v) is 4.80. The summed E-state index contributed by atoms with van der Waals surface area (Å²) < 4.78 is 1.97. The topological polar surface area (TPSA) is 34.9 Å². The monoisotopic (exact) mass is 206 g/mol. The Labute approximate surface area is 90.5 Å². The minimum absolute atomic E-state index is 0.317. The molecule has 15 heavy (non-hydrogen) atoms. The van der Waals surface area contributed by atoms with Gasteiger partial charge in [0.25, 0.3) is 0 Å². The Morgan fingerprint density at radius 3 is 2.53 bits per heavy atom. The highest BCUT2D eigenvalue weighted by Crippen LogP contribution is 2.39. The van der Waals surface area contributed by atoms with Gasteiger partial charge in [-0.15, -0.1) is 0 Å². The third kappa shape index (κ3) is 1.96. The molecule has 0 saturated heterocycles. The van der Waals surface area contributed by atoms with Crippen LogP contribution in [0.15, 0.2) is 6.20 Å². The van der Waals surface area contributed by atoms with Gasteiger partial charge in [0, 0.05) is 6.20 Å². The van der Waals surface area contributed by atoms with Crippen LogP contribution < -0.4 is 0 Å². The minimum atomic E-state index is 0.317. The molecule has 0 aromatic carbocycles. The maximum Gasteiger partial charge on any atom is 0.153 e. The van der Waals surface area contributed by atoms with Crippen molar-refractivity contribution in [3.05, 3.63) is 17.5 Å². The highest BCUT2D eigenvalue weighted by atomic mass is 16.1. The van der Waals surface area contributed by atoms with Crippen LogP contribution in [0.5, 0.6) is 0 Å². The minimum Gasteiger partial charge on any atom is -0.298 e. The predicted molar refractivity (Wildman–Crippen MR) is 59.1 cm³/mol. The van der Waals surface area contributed by atoms with E-state index in [1.165, 1.54) is 12.8 Å². The van der Waals surface area contributed by atoms with Crippen molar-refractivity contribution in [3.8, 4) is 0 Å². The Hall–Kier alpha value is -1.12. The normalized spacial score (nSPS) is 18.1. The highest BCUT2D eigenvalue weighted by molar-refractivity contribution is 5.76. The van der Waals surface area contributed by atoms with Crippen LogP contribution in [0.2, 0.25) is 0 Å². The van der Waals surface area contributed by atoms with Crippen molar-refractivity contribution in [2.24, 2.45) is 5.92 Å². The Bertz CT molecular complexity index is 364. The zero-order chi connectivity index (χ0) is 11.0. The largest absolute Gasteiger partial charge is 0.298 e. The first kappa shape index (κ1) is 10.4. The van der Waals surface area contributed by atoms with Crippen molar-refractivity contribution >= 4 is 6.29 Å². The molecule has 1 unspecified atom stereocenters. The van der Waals surface area contributed by atoms with E-state index in [-0.39, 0.29) is 0 Å². The van der Waals surface area contributed by atoms with E-state index in [1.807, 2.05) is 10.9 Å². The fourth-order valence-corrected chi connectivity index (χ4v) is 1.96. The van der Waals surface area contributed by atoms with E-state index in [4.69, 9.17) is 0 Å². The molecule has 1 aliphatic carbocycles. The van der Waals surface area contributed by atoms with Crippen molar-refractivity contribution in [1.82, 2.24) is 9.78 Å². The summed E-state index contributed by atoms with van der Waals surface area (Å²) >= 11 is 0. The lowest BCUT2D eigenvalue weighted by molar-refractivity contribution is 0.112. The van der Waals surface area contributed by atoms with Gasteiger partial charge < -0.3 is 0 Å². The first-order chi connectivity index (χ1) is 7.13. The van der Waals surface area contributed by atoms with Gasteiger partial charge in [-0.2, -0.15) is 5.10 Å². The number of aldehydes is 1. The molecule has 1 heterocycles. The Kier molecular flexibility index (Phi) is 2.63. The maximum atomic E-state index is 10.9. The smallest absolute Gasteiger partial charge is 0.153 e. The number of carbonyl (C=O) groups excluding carboxylic acids is 1. The zero-order valence-corrected chi connectivity index (χ0v) is 9.60. The van der Waals surface area contributed by atoms with Crippen molar-refractivity contribution < 1.29 is 4.79 Å². The fourth-order valence-electron chi connectivity index (χ4n) is 1.96. The van der Waals surface area contributed by atoms with Gasteiger partial charge >= 0.3 is 0 Å². The maximum absolute atomic E-state index is 10.9. The lowest BCUT2D eigenvalue weighted by Crippen LogP contribution is -2.08. The van der Waals surface area contributed by atoms with Crippen LogP contribution >= 0.6 is 0 Å². The molecule has 1 aromatic rings. The molecule has 0 amide bonds. The molecule has 0 aliphatic heterocycles. The summed E-state index contributed by atoms with van der Waals surface area (Å²) in [7, 11) is 0. The average Bonchev–Trinajstić information content (AvgIpc) is 2.95. The first-order valence-electron chi connectivity index (χ1n) is 5.67. The van der Waals surface area contributed by atoms with Crippen LogP contribution in [0.1, 0.15) is 61.6 Å². The number of carbonyl (C=O) groups is 1. The van der Waals surface area contributed by atoms with E-state index >= 15 is 0 Å². The van der Waals surface area contributed by atoms with Crippen LogP contribution in [-0.2, 0) is 0 Å². The summed E-state index contributed by atoms with van der Waals surface area (Å²) in [5.74, 6) is 1.09. The quantitative estimate of drug-likeness (QED) is 0.710. The number of hydrogen-bond donors (Lipinski definition) is 0. The van der Waals surface area contributed by atoms with E-state index in [1.54, 1.807) is 0 Å². The summed E-state index contributed by atoms with van der Waals surface area (Å²) in [5.41, 5.74) is 1.68. The molecule has 1 fully saturated rings. The molecule has 3 heteroatoms. The lowest BCUT2D eigenvalue weighted by atomic mass is 10.1. The Morgan fingerprint density at radius 1 is 1.47 bits per heavy atom. The lowest BCUT2D eigenvalue weighted by Gasteiger charge is -2.10. The molecular formula is C12H18N2O. The summed E-state index contributed by atoms with van der Waals surface area (Å²) in [6.45, 7) is 6.33. The third-order valence-corrected chi connectivity index (χ3v) is 3.19. The second-order valence-electron chi connectivity index (χ2n) is 4.80. The van der Waals surface area contributed by atoms with Gasteiger partial charge in [-0.3, -0.25) is 9.48 Å². The summed E-state index contributed by atoms with van der Waals surface area (Å²) in [5, 5.41) is 4.53. The van der Waals surface area contributed by atoms with Crippen molar-refractivity contribution in [2.75, 3.05) is 0 Å². The van der Waals surface area contributed by atoms with Crippen LogP contribution in [0.25, 0.3) is 0 Å². The van der Waals surface area contributed by atoms with Gasteiger partial charge in [0.1, 0.15) is 0 Å². The van der Waals surface area contributed by atoms with Crippen LogP contribution in [0.4, 0.5) is 0 Å². The van der Waals surface area contributed by atoms with Crippen LogP contribution in [0, 0.1) is 5.92 Å². The average molecular weight is 206 g/mol. The van der Waals surface area contributed by atoms with Crippen molar-refractivity contribution in [2.45, 2.75) is 45.6 Å². The molecule has 1 aromatic heterocycles. The van der Waals surface area contributed by atoms with Gasteiger partial charge in [-0.05, 0) is 31.6 Å². The van der Waals surface area contributed by atoms with Gasteiger partial charge in [-0.25, -0.2) is 0 Å². The number of aromatic nitrogens is 2. The molecule has 1 saturated carbocycles. The van der Waals surface area contributed by atoms with Crippen LogP contribution in [-0.4, -0.2) is 16.1 Å². The predicted octanol–water partition coefficient (Wildman–Crippen LogP) is 2.79. The first-order valence-corrected chi connectivity index (χ1v) is 5.67. The standard InChI is InChI=1S/C12H18N2O/c1-8(2)12-11(7-15)6-14(13-12)9(3)10-4-5-10/h6-10H,4-5H2,1-3H3. The molecule has 0 bridgehead atoms. The Morgan fingerprint density at radius 2 is 2.13 bits per heavy atom. The molecule has 0 spiro atoms. The van der Waals surface area contributed by atoms with E-state index in [2.05, 4.69) is 25.9 Å². The number of nitrogens with zero attached hydrogens (tertiary/aromatic N) is 2. The number of rotatable bonds is 4. The third-order valence-electron chi connectivity index (χ3n) is 3.19. The van der Waals surface area contributed by atoms with Crippen LogP contribution in [0.3, 0.4) is 0 Å². The molecule has 0 N–H and O–H groups in total. The molecule has 2 rings (SSSR count).